The van der Waals surface area contributed by atoms with Crippen LogP contribution >= 0.6 is 15.9 Å². The minimum Gasteiger partial charge on any atom is -0.353 e. The molecule has 3 rings (SSSR count). The lowest BCUT2D eigenvalue weighted by atomic mass is 10.2. The number of hydrogen-bond donors (Lipinski definition) is 1. The predicted molar refractivity (Wildman–Crippen MR) is 88.4 cm³/mol. The van der Waals surface area contributed by atoms with Gasteiger partial charge < -0.3 is 10.2 Å². The van der Waals surface area contributed by atoms with Crippen molar-refractivity contribution in [3.05, 3.63) is 26.3 Å². The summed E-state index contributed by atoms with van der Waals surface area (Å²) in [6.07, 6.45) is 2.58. The highest BCUT2D eigenvalue weighted by Gasteiger charge is 2.28. The van der Waals surface area contributed by atoms with Gasteiger partial charge in [0.1, 0.15) is 12.0 Å². The Labute approximate surface area is 138 Å². The molecule has 2 aliphatic heterocycles. The first kappa shape index (κ1) is 15.6. The van der Waals surface area contributed by atoms with Gasteiger partial charge in [0.05, 0.1) is 9.40 Å². The molecule has 2 aliphatic rings. The second-order valence-corrected chi connectivity index (χ2v) is 6.63. The fraction of sp³-hybridized carbons (Fsp3) is 0.643. The van der Waals surface area contributed by atoms with Crippen LogP contribution in [-0.4, -0.2) is 60.1 Å². The smallest absolute Gasteiger partial charge is 0.291 e. The number of anilines is 1. The van der Waals surface area contributed by atoms with Gasteiger partial charge in [-0.25, -0.2) is 4.98 Å². The SMILES string of the molecule is Cc1c([N+](=O)[O-])cnc(N2CCN(C3CCNC3)CC2)c1Br. The highest BCUT2D eigenvalue weighted by Crippen LogP contribution is 2.33. The zero-order valence-corrected chi connectivity index (χ0v) is 14.2. The highest BCUT2D eigenvalue weighted by atomic mass is 79.9. The predicted octanol–water partition coefficient (Wildman–Crippen LogP) is 1.54. The van der Waals surface area contributed by atoms with Gasteiger partial charge in [-0.3, -0.25) is 15.0 Å². The third kappa shape index (κ3) is 2.95. The van der Waals surface area contributed by atoms with Crippen LogP contribution in [0.4, 0.5) is 11.5 Å². The van der Waals surface area contributed by atoms with Gasteiger partial charge in [0.15, 0.2) is 0 Å². The zero-order chi connectivity index (χ0) is 15.7. The molecule has 0 bridgehead atoms. The summed E-state index contributed by atoms with van der Waals surface area (Å²) in [5.41, 5.74) is 0.698. The van der Waals surface area contributed by atoms with E-state index in [0.29, 0.717) is 11.6 Å². The van der Waals surface area contributed by atoms with Crippen molar-refractivity contribution in [2.24, 2.45) is 0 Å². The van der Waals surface area contributed by atoms with Crippen LogP contribution in [0.15, 0.2) is 10.7 Å². The molecule has 1 atom stereocenters. The summed E-state index contributed by atoms with van der Waals surface area (Å²) in [6.45, 7) is 7.78. The highest BCUT2D eigenvalue weighted by molar-refractivity contribution is 9.10. The molecule has 1 N–H and O–H groups in total. The van der Waals surface area contributed by atoms with Crippen LogP contribution in [0.1, 0.15) is 12.0 Å². The van der Waals surface area contributed by atoms with E-state index < -0.39 is 0 Å². The Hall–Kier alpha value is -1.25. The number of pyridine rings is 1. The monoisotopic (exact) mass is 369 g/mol. The standard InChI is InChI=1S/C14H20BrN5O2/c1-10-12(20(21)22)9-17-14(13(10)15)19-6-4-18(5-7-19)11-2-3-16-8-11/h9,11,16H,2-8H2,1H3. The number of nitrogens with one attached hydrogen (secondary N) is 1. The van der Waals surface area contributed by atoms with Crippen LogP contribution in [-0.2, 0) is 0 Å². The number of nitrogens with zero attached hydrogens (tertiary/aromatic N) is 4. The van der Waals surface area contributed by atoms with E-state index in [-0.39, 0.29) is 10.6 Å². The number of hydrogen-bond acceptors (Lipinski definition) is 6. The quantitative estimate of drug-likeness (QED) is 0.643. The lowest BCUT2D eigenvalue weighted by molar-refractivity contribution is -0.385. The summed E-state index contributed by atoms with van der Waals surface area (Å²) in [7, 11) is 0. The van der Waals surface area contributed by atoms with Crippen molar-refractivity contribution < 1.29 is 4.92 Å². The molecule has 1 unspecified atom stereocenters. The minimum atomic E-state index is -0.387. The summed E-state index contributed by atoms with van der Waals surface area (Å²) in [6, 6.07) is 0.650. The van der Waals surface area contributed by atoms with E-state index in [9.17, 15) is 10.1 Å². The Morgan fingerprint density at radius 1 is 1.41 bits per heavy atom. The molecule has 0 aromatic carbocycles. The van der Waals surface area contributed by atoms with Crippen molar-refractivity contribution in [2.45, 2.75) is 19.4 Å². The molecule has 1 aromatic rings. The molecular formula is C14H20BrN5O2. The van der Waals surface area contributed by atoms with Crippen LogP contribution < -0.4 is 10.2 Å². The van der Waals surface area contributed by atoms with Crippen molar-refractivity contribution >= 4 is 27.4 Å². The van der Waals surface area contributed by atoms with E-state index in [4.69, 9.17) is 0 Å². The summed E-state index contributed by atoms with van der Waals surface area (Å²) in [5, 5.41) is 14.4. The Balaban J connectivity index is 1.71. The number of nitro groups is 1. The average Bonchev–Trinajstić information content (AvgIpc) is 3.04. The Kier molecular flexibility index (Phi) is 4.60. The normalized spacial score (nSPS) is 23.0. The molecule has 3 heterocycles. The molecule has 2 fully saturated rings. The first-order valence-corrected chi connectivity index (χ1v) is 8.36. The van der Waals surface area contributed by atoms with Crippen LogP contribution in [0, 0.1) is 17.0 Å². The minimum absolute atomic E-state index is 0.0614. The third-order valence-corrected chi connectivity index (χ3v) is 5.53. The molecular weight excluding hydrogens is 350 g/mol. The number of rotatable bonds is 3. The maximum atomic E-state index is 11.0. The summed E-state index contributed by atoms with van der Waals surface area (Å²) >= 11 is 3.48. The van der Waals surface area contributed by atoms with Crippen molar-refractivity contribution in [3.8, 4) is 0 Å². The van der Waals surface area contributed by atoms with Gasteiger partial charge in [-0.15, -0.1) is 0 Å². The van der Waals surface area contributed by atoms with Gasteiger partial charge in [-0.05, 0) is 35.8 Å². The molecule has 0 saturated carbocycles. The van der Waals surface area contributed by atoms with Crippen molar-refractivity contribution in [2.75, 3.05) is 44.2 Å². The van der Waals surface area contributed by atoms with E-state index in [0.717, 1.165) is 49.6 Å². The molecule has 8 heteroatoms. The fourth-order valence-corrected chi connectivity index (χ4v) is 3.77. The van der Waals surface area contributed by atoms with Gasteiger partial charge in [0, 0.05) is 44.3 Å². The summed E-state index contributed by atoms with van der Waals surface area (Å²) in [4.78, 5) is 19.6. The molecule has 7 nitrogen and oxygen atoms in total. The summed E-state index contributed by atoms with van der Waals surface area (Å²) < 4.78 is 0.734. The molecule has 0 radical (unpaired) electrons. The Morgan fingerprint density at radius 2 is 2.14 bits per heavy atom. The molecule has 0 aliphatic carbocycles. The second-order valence-electron chi connectivity index (χ2n) is 5.83. The second kappa shape index (κ2) is 6.47. The van der Waals surface area contributed by atoms with E-state index in [1.54, 1.807) is 6.92 Å². The van der Waals surface area contributed by atoms with Gasteiger partial charge in [0.2, 0.25) is 0 Å². The first-order chi connectivity index (χ1) is 10.6. The zero-order valence-electron chi connectivity index (χ0n) is 12.6. The first-order valence-electron chi connectivity index (χ1n) is 7.57. The maximum absolute atomic E-state index is 11.0. The van der Waals surface area contributed by atoms with Crippen LogP contribution in [0.3, 0.4) is 0 Å². The van der Waals surface area contributed by atoms with Crippen LogP contribution in [0.2, 0.25) is 0 Å². The number of halogens is 1. The van der Waals surface area contributed by atoms with E-state index in [2.05, 4.69) is 36.0 Å². The third-order valence-electron chi connectivity index (χ3n) is 4.58. The van der Waals surface area contributed by atoms with Gasteiger partial charge in [-0.1, -0.05) is 0 Å². The molecule has 0 spiro atoms. The molecule has 1 aromatic heterocycles. The van der Waals surface area contributed by atoms with Gasteiger partial charge in [0.25, 0.3) is 5.69 Å². The molecule has 22 heavy (non-hydrogen) atoms. The maximum Gasteiger partial charge on any atom is 0.291 e. The van der Waals surface area contributed by atoms with E-state index >= 15 is 0 Å². The number of piperazine rings is 1. The lowest BCUT2D eigenvalue weighted by Gasteiger charge is -2.38. The Bertz CT molecular complexity index is 569. The van der Waals surface area contributed by atoms with Gasteiger partial charge >= 0.3 is 0 Å². The van der Waals surface area contributed by atoms with E-state index in [1.165, 1.54) is 12.6 Å². The topological polar surface area (TPSA) is 74.5 Å². The number of aromatic nitrogens is 1. The lowest BCUT2D eigenvalue weighted by Crippen LogP contribution is -2.51. The fourth-order valence-electron chi connectivity index (χ4n) is 3.21. The van der Waals surface area contributed by atoms with E-state index in [1.807, 2.05) is 0 Å². The van der Waals surface area contributed by atoms with Gasteiger partial charge in [-0.2, -0.15) is 0 Å². The molecule has 0 amide bonds. The van der Waals surface area contributed by atoms with Crippen molar-refractivity contribution in [3.63, 3.8) is 0 Å². The van der Waals surface area contributed by atoms with Crippen LogP contribution in [0.5, 0.6) is 0 Å². The largest absolute Gasteiger partial charge is 0.353 e. The molecule has 2 saturated heterocycles. The summed E-state index contributed by atoms with van der Waals surface area (Å²) in [5.74, 6) is 0.812. The molecule has 120 valence electrons. The van der Waals surface area contributed by atoms with Crippen molar-refractivity contribution in [1.82, 2.24) is 15.2 Å². The Morgan fingerprint density at radius 3 is 2.73 bits per heavy atom. The van der Waals surface area contributed by atoms with Crippen LogP contribution in [0.25, 0.3) is 0 Å². The van der Waals surface area contributed by atoms with Crippen molar-refractivity contribution in [1.29, 1.82) is 0 Å². The average molecular weight is 370 g/mol.